The Balaban J connectivity index is 1.13. The molecule has 1 atom stereocenters. The van der Waals surface area contributed by atoms with Gasteiger partial charge in [0.2, 0.25) is 0 Å². The summed E-state index contributed by atoms with van der Waals surface area (Å²) in [7, 11) is 0. The van der Waals surface area contributed by atoms with E-state index in [1.54, 1.807) is 0 Å². The van der Waals surface area contributed by atoms with Gasteiger partial charge in [-0.2, -0.15) is 0 Å². The molecule has 5 heteroatoms. The molecule has 0 saturated carbocycles. The second-order valence-electron chi connectivity index (χ2n) is 13.3. The maximum atomic E-state index is 6.99. The van der Waals surface area contributed by atoms with Crippen molar-refractivity contribution in [3.63, 3.8) is 0 Å². The molecule has 7 aromatic carbocycles. The van der Waals surface area contributed by atoms with Crippen molar-refractivity contribution in [2.45, 2.75) is 11.6 Å². The van der Waals surface area contributed by atoms with Gasteiger partial charge in [0.15, 0.2) is 6.17 Å². The Kier molecular flexibility index (Phi) is 6.07. The number of hydrogen-bond donors (Lipinski definition) is 1. The molecular weight excluding hydrogens is 643 g/mol. The molecule has 0 fully saturated rings. The number of nitrogens with one attached hydrogen (secondary N) is 1. The molecule has 0 amide bonds. The minimum atomic E-state index is -0.551. The molecule has 51 heavy (non-hydrogen) atoms. The summed E-state index contributed by atoms with van der Waals surface area (Å²) in [5.41, 5.74) is 9.69. The maximum Gasteiger partial charge on any atom is 0.169 e. The molecule has 2 aliphatic heterocycles. The molecule has 240 valence electrons. The Morgan fingerprint density at radius 1 is 0.510 bits per heavy atom. The molecule has 1 aliphatic carbocycles. The van der Waals surface area contributed by atoms with Gasteiger partial charge in [-0.15, -0.1) is 11.3 Å². The van der Waals surface area contributed by atoms with Gasteiger partial charge in [-0.05, 0) is 52.1 Å². The number of aliphatic imine (C=N–C) groups is 2. The van der Waals surface area contributed by atoms with Gasteiger partial charge in [0, 0.05) is 36.9 Å². The van der Waals surface area contributed by atoms with E-state index in [1.165, 1.54) is 42.4 Å². The molecule has 0 radical (unpaired) electrons. The molecular formula is C46H29N3OS. The number of para-hydroxylation sites is 2. The lowest BCUT2D eigenvalue weighted by Crippen LogP contribution is -2.37. The van der Waals surface area contributed by atoms with Crippen LogP contribution in [0.15, 0.2) is 174 Å². The fourth-order valence-corrected chi connectivity index (χ4v) is 9.60. The van der Waals surface area contributed by atoms with Crippen molar-refractivity contribution >= 4 is 43.2 Å². The first-order valence-electron chi connectivity index (χ1n) is 17.3. The largest absolute Gasteiger partial charge is 0.456 e. The number of nitrogens with zero attached hydrogens (tertiary/aromatic N) is 2. The molecule has 0 bridgehead atoms. The number of rotatable bonds is 3. The van der Waals surface area contributed by atoms with Gasteiger partial charge < -0.3 is 10.1 Å². The lowest BCUT2D eigenvalue weighted by molar-refractivity contribution is 0.435. The van der Waals surface area contributed by atoms with E-state index < -0.39 is 11.6 Å². The Labute approximate surface area is 299 Å². The van der Waals surface area contributed by atoms with Crippen LogP contribution in [-0.4, -0.2) is 11.7 Å². The second kappa shape index (κ2) is 10.8. The van der Waals surface area contributed by atoms with Gasteiger partial charge in [-0.3, -0.25) is 0 Å². The minimum Gasteiger partial charge on any atom is -0.456 e. The van der Waals surface area contributed by atoms with Crippen LogP contribution in [0.2, 0.25) is 0 Å². The van der Waals surface area contributed by atoms with Crippen LogP contribution in [0.5, 0.6) is 11.5 Å². The zero-order chi connectivity index (χ0) is 33.5. The van der Waals surface area contributed by atoms with Crippen LogP contribution in [0.3, 0.4) is 0 Å². The summed E-state index contributed by atoms with van der Waals surface area (Å²) in [6.45, 7) is 0. The highest BCUT2D eigenvalue weighted by Gasteiger charge is 2.51. The van der Waals surface area contributed by atoms with Gasteiger partial charge in [0.05, 0.1) is 11.0 Å². The molecule has 11 rings (SSSR count). The molecule has 1 aromatic heterocycles. The molecule has 4 nitrogen and oxygen atoms in total. The van der Waals surface area contributed by atoms with E-state index in [4.69, 9.17) is 14.7 Å². The van der Waals surface area contributed by atoms with Gasteiger partial charge in [0.1, 0.15) is 23.2 Å². The molecule has 1 spiro atoms. The molecule has 0 saturated heterocycles. The van der Waals surface area contributed by atoms with Gasteiger partial charge in [-0.1, -0.05) is 140 Å². The van der Waals surface area contributed by atoms with Crippen LogP contribution < -0.4 is 10.1 Å². The van der Waals surface area contributed by atoms with E-state index in [1.807, 2.05) is 29.5 Å². The summed E-state index contributed by atoms with van der Waals surface area (Å²) in [4.78, 5) is 10.6. The first kappa shape index (κ1) is 28.5. The summed E-state index contributed by atoms with van der Waals surface area (Å²) < 4.78 is 9.51. The van der Waals surface area contributed by atoms with Crippen molar-refractivity contribution in [3.05, 3.63) is 203 Å². The van der Waals surface area contributed by atoms with E-state index >= 15 is 0 Å². The van der Waals surface area contributed by atoms with Crippen molar-refractivity contribution in [1.29, 1.82) is 0 Å². The van der Waals surface area contributed by atoms with Crippen molar-refractivity contribution in [1.82, 2.24) is 5.32 Å². The van der Waals surface area contributed by atoms with Crippen LogP contribution in [0.25, 0.3) is 31.3 Å². The van der Waals surface area contributed by atoms with Crippen LogP contribution in [0.4, 0.5) is 0 Å². The van der Waals surface area contributed by atoms with Crippen LogP contribution in [-0.2, 0) is 5.41 Å². The maximum absolute atomic E-state index is 6.99. The van der Waals surface area contributed by atoms with Crippen molar-refractivity contribution in [3.8, 4) is 22.6 Å². The monoisotopic (exact) mass is 671 g/mol. The highest BCUT2D eigenvalue weighted by atomic mass is 32.1. The average molecular weight is 672 g/mol. The standard InChI is InChI=1S/C46H29N3OS/c1-2-13-28(14-3-1)43-47-44(29-25-26-33-32-17-6-11-24-40(32)51-41(33)27-29)49-45(48-43)34-18-12-22-38-42(34)50-39-23-10-9-21-37(39)46(38)35-19-7-4-15-30(35)31-16-5-8-20-36(31)46/h1-27,44H,(H,47,48,49). The van der Waals surface area contributed by atoms with Crippen LogP contribution in [0.1, 0.15) is 45.1 Å². The van der Waals surface area contributed by atoms with E-state index in [0.29, 0.717) is 0 Å². The third-order valence-corrected chi connectivity index (χ3v) is 11.8. The summed E-state index contributed by atoms with van der Waals surface area (Å²) in [5, 5.41) is 6.20. The van der Waals surface area contributed by atoms with Gasteiger partial charge in [0.25, 0.3) is 0 Å². The van der Waals surface area contributed by atoms with Crippen LogP contribution >= 0.6 is 11.3 Å². The summed E-state index contributed by atoms with van der Waals surface area (Å²) in [6, 6.07) is 58.2. The number of benzene rings is 7. The quantitative estimate of drug-likeness (QED) is 0.203. The lowest BCUT2D eigenvalue weighted by Gasteiger charge is -2.40. The Morgan fingerprint density at radius 2 is 1.14 bits per heavy atom. The fraction of sp³-hybridized carbons (Fsp3) is 0.0435. The van der Waals surface area contributed by atoms with Crippen molar-refractivity contribution in [2.24, 2.45) is 9.98 Å². The number of fused-ring (bicyclic) bond motifs is 12. The molecule has 8 aromatic rings. The Hall–Kier alpha value is -6.30. The summed E-state index contributed by atoms with van der Waals surface area (Å²) in [5.74, 6) is 3.17. The highest BCUT2D eigenvalue weighted by Crippen LogP contribution is 2.62. The summed E-state index contributed by atoms with van der Waals surface area (Å²) >= 11 is 1.81. The first-order valence-corrected chi connectivity index (χ1v) is 18.1. The van der Waals surface area contributed by atoms with Gasteiger partial charge in [-0.25, -0.2) is 9.98 Å². The van der Waals surface area contributed by atoms with E-state index in [0.717, 1.165) is 51.0 Å². The molecule has 3 heterocycles. The minimum absolute atomic E-state index is 0.445. The van der Waals surface area contributed by atoms with Crippen molar-refractivity contribution in [2.75, 3.05) is 0 Å². The number of amidine groups is 2. The van der Waals surface area contributed by atoms with E-state index in [2.05, 4.69) is 151 Å². The zero-order valence-electron chi connectivity index (χ0n) is 27.4. The topological polar surface area (TPSA) is 46.0 Å². The Morgan fingerprint density at radius 3 is 1.96 bits per heavy atom. The molecule has 1 N–H and O–H groups in total. The lowest BCUT2D eigenvalue weighted by atomic mass is 9.66. The van der Waals surface area contributed by atoms with Crippen LogP contribution in [0, 0.1) is 0 Å². The normalized spacial score (nSPS) is 16.4. The fourth-order valence-electron chi connectivity index (χ4n) is 8.45. The average Bonchev–Trinajstić information content (AvgIpc) is 3.72. The third kappa shape index (κ3) is 4.07. The van der Waals surface area contributed by atoms with E-state index in [9.17, 15) is 0 Å². The SMILES string of the molecule is c1ccc(C2=NC(c3ccc4c(c3)sc3ccccc34)N=C(c3cccc4c3Oc3ccccc3C43c4ccccc4-c4ccccc43)N2)cc1. The Bertz CT molecular complexity index is 2730. The smallest absolute Gasteiger partial charge is 0.169 e. The predicted octanol–water partition coefficient (Wildman–Crippen LogP) is 11.0. The number of ether oxygens (including phenoxy) is 1. The summed E-state index contributed by atoms with van der Waals surface area (Å²) in [6.07, 6.45) is -0.445. The van der Waals surface area contributed by atoms with Crippen molar-refractivity contribution < 1.29 is 4.74 Å². The molecule has 1 unspecified atom stereocenters. The molecule has 3 aliphatic rings. The zero-order valence-corrected chi connectivity index (χ0v) is 28.2. The third-order valence-electron chi connectivity index (χ3n) is 10.6. The van der Waals surface area contributed by atoms with Gasteiger partial charge >= 0.3 is 0 Å². The van der Waals surface area contributed by atoms with E-state index in [-0.39, 0.29) is 0 Å². The first-order chi connectivity index (χ1) is 25.3. The second-order valence-corrected chi connectivity index (χ2v) is 14.4. The predicted molar refractivity (Wildman–Crippen MR) is 209 cm³/mol. The number of thiophene rings is 1. The number of hydrogen-bond acceptors (Lipinski definition) is 5. The highest BCUT2D eigenvalue weighted by molar-refractivity contribution is 7.25.